The van der Waals surface area contributed by atoms with Gasteiger partial charge in [-0.1, -0.05) is 25.4 Å². The molecule has 0 aliphatic carbocycles. The van der Waals surface area contributed by atoms with Crippen molar-refractivity contribution in [2.75, 3.05) is 6.54 Å². The quantitative estimate of drug-likeness (QED) is 0.733. The maximum atomic E-state index is 12.0. The van der Waals surface area contributed by atoms with Gasteiger partial charge < -0.3 is 10.2 Å². The molecule has 0 amide bonds. The van der Waals surface area contributed by atoms with Crippen LogP contribution in [0.25, 0.3) is 0 Å². The SMILES string of the molecule is CC(C)C(O)CNS(=O)(=O)c1ccc(Cl)c(C(=O)O)c1. The molecule has 1 aromatic rings. The Hall–Kier alpha value is -1.15. The summed E-state index contributed by atoms with van der Waals surface area (Å²) in [6.45, 7) is 3.36. The number of carbonyl (C=O) groups is 1. The lowest BCUT2D eigenvalue weighted by Gasteiger charge is -2.15. The van der Waals surface area contributed by atoms with Crippen LogP contribution in [0.4, 0.5) is 0 Å². The van der Waals surface area contributed by atoms with Crippen molar-refractivity contribution in [1.82, 2.24) is 4.72 Å². The Morgan fingerprint density at radius 3 is 2.50 bits per heavy atom. The molecule has 0 aromatic heterocycles. The molecule has 0 aliphatic heterocycles. The van der Waals surface area contributed by atoms with E-state index in [0.29, 0.717) is 0 Å². The van der Waals surface area contributed by atoms with Crippen LogP contribution in [0.3, 0.4) is 0 Å². The van der Waals surface area contributed by atoms with Crippen LogP contribution in [0.1, 0.15) is 24.2 Å². The Bertz CT molecular complexity index is 600. The number of carboxylic acids is 1. The Morgan fingerprint density at radius 1 is 1.40 bits per heavy atom. The van der Waals surface area contributed by atoms with E-state index in [4.69, 9.17) is 16.7 Å². The van der Waals surface area contributed by atoms with Crippen molar-refractivity contribution in [2.24, 2.45) is 5.92 Å². The van der Waals surface area contributed by atoms with E-state index in [1.54, 1.807) is 13.8 Å². The van der Waals surface area contributed by atoms with E-state index in [0.717, 1.165) is 6.07 Å². The van der Waals surface area contributed by atoms with Gasteiger partial charge in [0.05, 0.1) is 21.6 Å². The number of aromatic carboxylic acids is 1. The molecule has 1 rings (SSSR count). The van der Waals surface area contributed by atoms with Crippen LogP contribution in [-0.4, -0.2) is 37.2 Å². The minimum atomic E-state index is -3.89. The zero-order valence-corrected chi connectivity index (χ0v) is 12.6. The van der Waals surface area contributed by atoms with Crippen LogP contribution in [0, 0.1) is 5.92 Å². The van der Waals surface area contributed by atoms with Gasteiger partial charge in [-0.15, -0.1) is 0 Å². The number of hydrogen-bond donors (Lipinski definition) is 3. The van der Waals surface area contributed by atoms with Gasteiger partial charge in [0.1, 0.15) is 0 Å². The van der Waals surface area contributed by atoms with Gasteiger partial charge in [0.25, 0.3) is 0 Å². The topological polar surface area (TPSA) is 104 Å². The third-order valence-corrected chi connectivity index (χ3v) is 4.48. The number of sulfonamides is 1. The first-order valence-electron chi connectivity index (χ1n) is 5.85. The van der Waals surface area contributed by atoms with Crippen molar-refractivity contribution >= 4 is 27.6 Å². The highest BCUT2D eigenvalue weighted by Gasteiger charge is 2.20. The van der Waals surface area contributed by atoms with Gasteiger partial charge in [0.15, 0.2) is 0 Å². The average molecular weight is 322 g/mol. The fourth-order valence-corrected chi connectivity index (χ4v) is 2.62. The van der Waals surface area contributed by atoms with Gasteiger partial charge in [-0.2, -0.15) is 0 Å². The Labute approximate surface area is 122 Å². The summed E-state index contributed by atoms with van der Waals surface area (Å²) >= 11 is 5.67. The van der Waals surface area contributed by atoms with Crippen LogP contribution < -0.4 is 4.72 Å². The lowest BCUT2D eigenvalue weighted by atomic mass is 10.1. The number of carboxylic acid groups (broad SMARTS) is 1. The number of benzene rings is 1. The van der Waals surface area contributed by atoms with Crippen LogP contribution >= 0.6 is 11.6 Å². The molecule has 112 valence electrons. The molecule has 0 radical (unpaired) electrons. The van der Waals surface area contributed by atoms with Crippen LogP contribution in [-0.2, 0) is 10.0 Å². The molecular weight excluding hydrogens is 306 g/mol. The number of aliphatic hydroxyl groups excluding tert-OH is 1. The van der Waals surface area contributed by atoms with Crippen molar-refractivity contribution in [2.45, 2.75) is 24.8 Å². The van der Waals surface area contributed by atoms with E-state index in [2.05, 4.69) is 4.72 Å². The molecule has 0 saturated heterocycles. The summed E-state index contributed by atoms with van der Waals surface area (Å²) in [5.74, 6) is -1.41. The first-order valence-corrected chi connectivity index (χ1v) is 7.72. The van der Waals surface area contributed by atoms with Crippen molar-refractivity contribution in [3.8, 4) is 0 Å². The summed E-state index contributed by atoms with van der Waals surface area (Å²) in [7, 11) is -3.89. The molecule has 0 aliphatic rings. The monoisotopic (exact) mass is 321 g/mol. The molecule has 0 saturated carbocycles. The van der Waals surface area contributed by atoms with Gasteiger partial charge in [-0.3, -0.25) is 0 Å². The Balaban J connectivity index is 2.99. The Kier molecular flexibility index (Phi) is 5.52. The molecule has 1 unspecified atom stereocenters. The molecule has 1 aromatic carbocycles. The highest BCUT2D eigenvalue weighted by molar-refractivity contribution is 7.89. The van der Waals surface area contributed by atoms with Gasteiger partial charge >= 0.3 is 5.97 Å². The summed E-state index contributed by atoms with van der Waals surface area (Å²) in [5, 5.41) is 18.4. The summed E-state index contributed by atoms with van der Waals surface area (Å²) in [4.78, 5) is 10.7. The summed E-state index contributed by atoms with van der Waals surface area (Å²) < 4.78 is 26.2. The largest absolute Gasteiger partial charge is 0.478 e. The van der Waals surface area contributed by atoms with E-state index >= 15 is 0 Å². The van der Waals surface area contributed by atoms with Crippen molar-refractivity contribution in [1.29, 1.82) is 0 Å². The number of aliphatic hydroxyl groups is 1. The van der Waals surface area contributed by atoms with E-state index in [1.165, 1.54) is 12.1 Å². The van der Waals surface area contributed by atoms with Crippen LogP contribution in [0.2, 0.25) is 5.02 Å². The molecular formula is C12H16ClNO5S. The van der Waals surface area contributed by atoms with E-state index in [-0.39, 0.29) is 27.9 Å². The summed E-state index contributed by atoms with van der Waals surface area (Å²) in [5.41, 5.74) is -0.293. The average Bonchev–Trinajstić information content (AvgIpc) is 2.35. The van der Waals surface area contributed by atoms with Crippen LogP contribution in [0.15, 0.2) is 23.1 Å². The number of hydrogen-bond acceptors (Lipinski definition) is 4. The number of halogens is 1. The fourth-order valence-electron chi connectivity index (χ4n) is 1.35. The zero-order valence-electron chi connectivity index (χ0n) is 11.0. The molecule has 0 heterocycles. The normalized spacial score (nSPS) is 13.4. The van der Waals surface area contributed by atoms with Crippen molar-refractivity contribution in [3.05, 3.63) is 28.8 Å². The van der Waals surface area contributed by atoms with Gasteiger partial charge in [0, 0.05) is 6.54 Å². The number of rotatable bonds is 6. The highest BCUT2D eigenvalue weighted by atomic mass is 35.5. The van der Waals surface area contributed by atoms with Crippen molar-refractivity contribution < 1.29 is 23.4 Å². The maximum absolute atomic E-state index is 12.0. The minimum Gasteiger partial charge on any atom is -0.478 e. The summed E-state index contributed by atoms with van der Waals surface area (Å²) in [6.07, 6.45) is -0.823. The van der Waals surface area contributed by atoms with Gasteiger partial charge in [-0.05, 0) is 24.1 Å². The third-order valence-electron chi connectivity index (χ3n) is 2.73. The molecule has 0 bridgehead atoms. The van der Waals surface area contributed by atoms with Gasteiger partial charge in [0.2, 0.25) is 10.0 Å². The Morgan fingerprint density at radius 2 is 2.00 bits per heavy atom. The standard InChI is InChI=1S/C12H16ClNO5S/c1-7(2)11(15)6-14-20(18,19)8-3-4-10(13)9(5-8)12(16)17/h3-5,7,11,14-15H,6H2,1-2H3,(H,16,17). The smallest absolute Gasteiger partial charge is 0.337 e. The second-order valence-electron chi connectivity index (χ2n) is 4.61. The van der Waals surface area contributed by atoms with Gasteiger partial charge in [-0.25, -0.2) is 17.9 Å². The predicted octanol–water partition coefficient (Wildman–Crippen LogP) is 1.33. The van der Waals surface area contributed by atoms with E-state index < -0.39 is 22.1 Å². The lowest BCUT2D eigenvalue weighted by Crippen LogP contribution is -2.34. The van der Waals surface area contributed by atoms with E-state index in [1.807, 2.05) is 0 Å². The van der Waals surface area contributed by atoms with Crippen LogP contribution in [0.5, 0.6) is 0 Å². The first kappa shape index (κ1) is 16.9. The first-order chi connectivity index (χ1) is 9.15. The van der Waals surface area contributed by atoms with E-state index in [9.17, 15) is 18.3 Å². The molecule has 3 N–H and O–H groups in total. The minimum absolute atomic E-state index is 0.0429. The molecule has 1 atom stereocenters. The van der Waals surface area contributed by atoms with Crippen molar-refractivity contribution in [3.63, 3.8) is 0 Å². The number of nitrogens with one attached hydrogen (secondary N) is 1. The zero-order chi connectivity index (χ0) is 15.5. The lowest BCUT2D eigenvalue weighted by molar-refractivity contribution is 0.0697. The highest BCUT2D eigenvalue weighted by Crippen LogP contribution is 2.20. The molecule has 6 nitrogen and oxygen atoms in total. The summed E-state index contributed by atoms with van der Waals surface area (Å²) in [6, 6.07) is 3.39. The second-order valence-corrected chi connectivity index (χ2v) is 6.78. The fraction of sp³-hybridized carbons (Fsp3) is 0.417. The molecule has 0 fully saturated rings. The third kappa shape index (κ3) is 4.17. The molecule has 8 heteroatoms. The molecule has 20 heavy (non-hydrogen) atoms. The maximum Gasteiger partial charge on any atom is 0.337 e. The predicted molar refractivity (Wildman–Crippen MR) is 74.4 cm³/mol. The molecule has 0 spiro atoms. The second kappa shape index (κ2) is 6.53.